The Hall–Kier alpha value is -1.99. The van der Waals surface area contributed by atoms with Crippen molar-refractivity contribution in [2.75, 3.05) is 19.1 Å². The Morgan fingerprint density at radius 3 is 3.00 bits per heavy atom. The van der Waals surface area contributed by atoms with Crippen molar-refractivity contribution in [3.05, 3.63) is 41.1 Å². The predicted octanol–water partition coefficient (Wildman–Crippen LogP) is 1.89. The lowest BCUT2D eigenvalue weighted by Gasteiger charge is -2.19. The van der Waals surface area contributed by atoms with E-state index in [-0.39, 0.29) is 0 Å². The fourth-order valence-electron chi connectivity index (χ4n) is 2.47. The highest BCUT2D eigenvalue weighted by atomic mass is 32.2. The van der Waals surface area contributed by atoms with Crippen LogP contribution in [-0.4, -0.2) is 28.5 Å². The van der Waals surface area contributed by atoms with Crippen molar-refractivity contribution in [3.8, 4) is 5.75 Å². The van der Waals surface area contributed by atoms with E-state index in [1.165, 1.54) is 6.42 Å². The molecule has 0 saturated carbocycles. The minimum absolute atomic E-state index is 0.846. The number of ether oxygens (including phenoxy) is 1. The molecule has 6 nitrogen and oxygen atoms in total. The van der Waals surface area contributed by atoms with Gasteiger partial charge in [0.1, 0.15) is 5.75 Å². The summed E-state index contributed by atoms with van der Waals surface area (Å²) in [6, 6.07) is 8.01. The van der Waals surface area contributed by atoms with Crippen LogP contribution in [0.3, 0.4) is 0 Å². The molecule has 7 heteroatoms. The minimum Gasteiger partial charge on any atom is -0.497 e. The van der Waals surface area contributed by atoms with Crippen molar-refractivity contribution in [1.29, 1.82) is 0 Å². The highest BCUT2D eigenvalue weighted by Crippen LogP contribution is 2.29. The maximum absolute atomic E-state index is 5.30. The Kier molecular flexibility index (Phi) is 5.19. The molecule has 1 aliphatic heterocycles. The van der Waals surface area contributed by atoms with Crippen LogP contribution < -0.4 is 15.9 Å². The third kappa shape index (κ3) is 3.68. The van der Waals surface area contributed by atoms with Gasteiger partial charge in [0.15, 0.2) is 5.82 Å². The largest absolute Gasteiger partial charge is 0.497 e. The van der Waals surface area contributed by atoms with Crippen molar-refractivity contribution in [3.63, 3.8) is 0 Å². The molecule has 0 amide bonds. The van der Waals surface area contributed by atoms with Crippen LogP contribution in [0, 0.1) is 0 Å². The van der Waals surface area contributed by atoms with Crippen LogP contribution in [0.2, 0.25) is 0 Å². The van der Waals surface area contributed by atoms with Crippen molar-refractivity contribution in [2.24, 2.45) is 0 Å². The summed E-state index contributed by atoms with van der Waals surface area (Å²) < 4.78 is 7.29. The van der Waals surface area contributed by atoms with E-state index in [1.807, 2.05) is 22.9 Å². The molecule has 1 aromatic heterocycles. The lowest BCUT2D eigenvalue weighted by molar-refractivity contribution is -0.368. The number of nitrogens with zero attached hydrogens (tertiary/aromatic N) is 3. The first-order valence-electron chi connectivity index (χ1n) is 7.83. The van der Waals surface area contributed by atoms with Gasteiger partial charge in [-0.25, -0.2) is 4.68 Å². The molecule has 0 saturated heterocycles. The van der Waals surface area contributed by atoms with Crippen molar-refractivity contribution >= 4 is 17.5 Å². The van der Waals surface area contributed by atoms with Gasteiger partial charge in [-0.2, -0.15) is 0 Å². The number of fused-ring (bicyclic) bond motifs is 1. The van der Waals surface area contributed by atoms with Gasteiger partial charge in [-0.05, 0) is 31.4 Å². The Morgan fingerprint density at radius 1 is 1.26 bits per heavy atom. The molecular weight excluding hydrogens is 310 g/mol. The molecule has 0 unspecified atom stereocenters. The van der Waals surface area contributed by atoms with Crippen LogP contribution in [0.5, 0.6) is 5.75 Å². The summed E-state index contributed by atoms with van der Waals surface area (Å²) in [7, 11) is 1.68. The van der Waals surface area contributed by atoms with Crippen LogP contribution >= 0.6 is 11.8 Å². The first-order valence-corrected chi connectivity index (χ1v) is 8.71. The molecule has 0 radical (unpaired) electrons. The predicted molar refractivity (Wildman–Crippen MR) is 91.5 cm³/mol. The van der Waals surface area contributed by atoms with E-state index in [9.17, 15) is 0 Å². The highest BCUT2D eigenvalue weighted by molar-refractivity contribution is 8.02. The summed E-state index contributed by atoms with van der Waals surface area (Å²) in [5.41, 5.74) is 9.41. The molecule has 23 heavy (non-hydrogen) atoms. The van der Waals surface area contributed by atoms with Gasteiger partial charge >= 0.3 is 0 Å². The quantitative estimate of drug-likeness (QED) is 0.757. The van der Waals surface area contributed by atoms with Gasteiger partial charge in [0, 0.05) is 17.4 Å². The Balaban J connectivity index is 1.72. The molecule has 122 valence electrons. The smallest absolute Gasteiger partial charge is 0.214 e. The Morgan fingerprint density at radius 2 is 2.17 bits per heavy atom. The lowest BCUT2D eigenvalue weighted by Crippen LogP contribution is -2.50. The lowest BCUT2D eigenvalue weighted by atomic mass is 10.1. The summed E-state index contributed by atoms with van der Waals surface area (Å²) in [6.07, 6.45) is 4.37. The number of benzene rings is 1. The number of thioether (sulfide) groups is 1. The molecule has 0 atom stereocenters. The van der Waals surface area contributed by atoms with Gasteiger partial charge in [0.05, 0.1) is 19.4 Å². The zero-order valence-electron chi connectivity index (χ0n) is 13.3. The summed E-state index contributed by atoms with van der Waals surface area (Å²) in [4.78, 5) is 0. The third-order valence-corrected chi connectivity index (χ3v) is 4.57. The second-order valence-corrected chi connectivity index (χ2v) is 6.23. The van der Waals surface area contributed by atoms with E-state index in [1.54, 1.807) is 18.9 Å². The molecule has 3 rings (SSSR count). The van der Waals surface area contributed by atoms with E-state index in [0.717, 1.165) is 53.8 Å². The third-order valence-electron chi connectivity index (χ3n) is 3.75. The number of nitrogens with one attached hydrogen (secondary N) is 1. The number of aromatic nitrogens is 3. The summed E-state index contributed by atoms with van der Waals surface area (Å²) >= 11 is 1.58. The molecular formula is C16H22N5OS+. The maximum atomic E-state index is 5.30. The summed E-state index contributed by atoms with van der Waals surface area (Å²) in [6.45, 7) is 0.995. The maximum Gasteiger partial charge on any atom is 0.214 e. The Bertz CT molecular complexity index is 698. The molecule has 0 spiro atoms. The number of hydrogen-bond donors (Lipinski definition) is 2. The average molecular weight is 332 g/mol. The van der Waals surface area contributed by atoms with E-state index >= 15 is 0 Å². The Labute approximate surface area is 140 Å². The number of rotatable bonds is 7. The molecule has 0 bridgehead atoms. The topological polar surface area (TPSA) is 79.6 Å². The molecule has 1 aromatic carbocycles. The fraction of sp³-hybridized carbons (Fsp3) is 0.375. The number of aryl methyl sites for hydroxylation is 1. The van der Waals surface area contributed by atoms with E-state index < -0.39 is 0 Å². The minimum atomic E-state index is 0.846. The molecule has 2 heterocycles. The summed E-state index contributed by atoms with van der Waals surface area (Å²) in [5.74, 6) is 1.82. The van der Waals surface area contributed by atoms with Crippen molar-refractivity contribution in [1.82, 2.24) is 14.9 Å². The number of unbranched alkanes of at least 4 members (excludes halogenated alkanes) is 2. The van der Waals surface area contributed by atoms with E-state index in [2.05, 4.69) is 32.8 Å². The zero-order valence-corrected chi connectivity index (χ0v) is 14.1. The molecule has 0 fully saturated rings. The van der Waals surface area contributed by atoms with Gasteiger partial charge in [-0.15, -0.1) is 10.2 Å². The first-order chi connectivity index (χ1) is 11.3. The van der Waals surface area contributed by atoms with Gasteiger partial charge in [-0.3, -0.25) is 5.43 Å². The molecule has 4 N–H and O–H groups in total. The van der Waals surface area contributed by atoms with E-state index in [0.29, 0.717) is 0 Å². The SMILES string of the molecule is COc1cccc(C2=CSc3nnc(CCCCC[NH3+])n3N2)c1. The highest BCUT2D eigenvalue weighted by Gasteiger charge is 2.18. The molecule has 2 aromatic rings. The molecule has 0 aliphatic carbocycles. The molecule has 1 aliphatic rings. The average Bonchev–Trinajstić information content (AvgIpc) is 3.01. The number of quaternary nitrogens is 1. The fourth-order valence-corrected chi connectivity index (χ4v) is 3.23. The monoisotopic (exact) mass is 332 g/mol. The zero-order chi connectivity index (χ0) is 16.1. The summed E-state index contributed by atoms with van der Waals surface area (Å²) in [5, 5.41) is 11.5. The van der Waals surface area contributed by atoms with Gasteiger partial charge in [0.25, 0.3) is 0 Å². The second kappa shape index (κ2) is 7.52. The van der Waals surface area contributed by atoms with Crippen molar-refractivity contribution < 1.29 is 10.5 Å². The standard InChI is InChI=1S/C16H21N5OS/c1-22-13-7-5-6-12(10-13)14-11-23-16-19-18-15(21(16)20-14)8-3-2-4-9-17/h5-7,10-11,20H,2-4,8-9,17H2,1H3/p+1. The van der Waals surface area contributed by atoms with E-state index in [4.69, 9.17) is 4.74 Å². The number of hydrogen-bond acceptors (Lipinski definition) is 5. The normalized spacial score (nSPS) is 13.2. The van der Waals surface area contributed by atoms with Crippen LogP contribution in [0.25, 0.3) is 5.70 Å². The van der Waals surface area contributed by atoms with Gasteiger partial charge < -0.3 is 10.5 Å². The van der Waals surface area contributed by atoms with Crippen LogP contribution in [0.1, 0.15) is 30.7 Å². The number of methoxy groups -OCH3 is 1. The van der Waals surface area contributed by atoms with Crippen molar-refractivity contribution in [2.45, 2.75) is 30.8 Å². The first kappa shape index (κ1) is 15.9. The van der Waals surface area contributed by atoms with Crippen LogP contribution in [0.15, 0.2) is 34.8 Å². The van der Waals surface area contributed by atoms with Gasteiger partial charge in [0.2, 0.25) is 5.16 Å². The van der Waals surface area contributed by atoms with Gasteiger partial charge in [-0.1, -0.05) is 23.9 Å². The van der Waals surface area contributed by atoms with Crippen LogP contribution in [-0.2, 0) is 6.42 Å². The second-order valence-electron chi connectivity index (χ2n) is 5.39. The van der Waals surface area contributed by atoms with Crippen LogP contribution in [0.4, 0.5) is 0 Å².